The largest absolute Gasteiger partial charge is 0.487 e. The first-order valence-electron chi connectivity index (χ1n) is 6.11. The highest BCUT2D eigenvalue weighted by atomic mass is 16.5. The molecular weight excluding hydrogens is 222 g/mol. The number of nitrogen functional groups attached to an aromatic ring is 1. The summed E-state index contributed by atoms with van der Waals surface area (Å²) >= 11 is 0. The van der Waals surface area contributed by atoms with E-state index in [1.807, 2.05) is 25.1 Å². The number of anilines is 1. The molecule has 2 nitrogen and oxygen atoms in total. The average Bonchev–Trinajstić information content (AvgIpc) is 2.26. The van der Waals surface area contributed by atoms with Gasteiger partial charge in [-0.1, -0.05) is 35.4 Å². The standard InChI is InChI=1S/C16H19NO/c1-11-4-5-16(15(17)9-11)18-10-14-7-12(2)6-13(3)8-14/h4-9H,10,17H2,1-3H3. The Morgan fingerprint density at radius 2 is 1.56 bits per heavy atom. The second-order valence-electron chi connectivity index (χ2n) is 4.83. The fourth-order valence-corrected chi connectivity index (χ4v) is 2.11. The molecule has 2 aromatic carbocycles. The van der Waals surface area contributed by atoms with Gasteiger partial charge in [0.15, 0.2) is 0 Å². The van der Waals surface area contributed by atoms with Crippen LogP contribution in [0, 0.1) is 20.8 Å². The van der Waals surface area contributed by atoms with Gasteiger partial charge in [-0.15, -0.1) is 0 Å². The zero-order chi connectivity index (χ0) is 13.1. The third kappa shape index (κ3) is 3.04. The Hall–Kier alpha value is -1.96. The van der Waals surface area contributed by atoms with Gasteiger partial charge in [-0.3, -0.25) is 0 Å². The molecule has 94 valence electrons. The van der Waals surface area contributed by atoms with Crippen molar-refractivity contribution in [3.8, 4) is 5.75 Å². The van der Waals surface area contributed by atoms with E-state index in [2.05, 4.69) is 32.0 Å². The highest BCUT2D eigenvalue weighted by Gasteiger charge is 2.02. The molecule has 0 fully saturated rings. The van der Waals surface area contributed by atoms with Gasteiger partial charge in [0.1, 0.15) is 12.4 Å². The van der Waals surface area contributed by atoms with E-state index in [0.717, 1.165) is 11.3 Å². The molecular formula is C16H19NO. The normalized spacial score (nSPS) is 10.4. The number of hydrogen-bond acceptors (Lipinski definition) is 2. The van der Waals surface area contributed by atoms with Crippen molar-refractivity contribution in [2.45, 2.75) is 27.4 Å². The van der Waals surface area contributed by atoms with Crippen molar-refractivity contribution in [3.05, 3.63) is 58.7 Å². The van der Waals surface area contributed by atoms with Gasteiger partial charge in [-0.2, -0.15) is 0 Å². The minimum atomic E-state index is 0.551. The van der Waals surface area contributed by atoms with Crippen LogP contribution in [0.4, 0.5) is 5.69 Å². The molecule has 0 spiro atoms. The van der Waals surface area contributed by atoms with Crippen molar-refractivity contribution in [2.75, 3.05) is 5.73 Å². The maximum Gasteiger partial charge on any atom is 0.142 e. The fraction of sp³-hybridized carbons (Fsp3) is 0.250. The lowest BCUT2D eigenvalue weighted by Gasteiger charge is -2.10. The highest BCUT2D eigenvalue weighted by Crippen LogP contribution is 2.23. The molecule has 2 aromatic rings. The van der Waals surface area contributed by atoms with Crippen LogP contribution in [0.25, 0.3) is 0 Å². The topological polar surface area (TPSA) is 35.2 Å². The van der Waals surface area contributed by atoms with Gasteiger partial charge in [-0.25, -0.2) is 0 Å². The molecule has 0 aliphatic carbocycles. The fourth-order valence-electron chi connectivity index (χ4n) is 2.11. The van der Waals surface area contributed by atoms with E-state index in [1.165, 1.54) is 16.7 Å². The number of benzene rings is 2. The van der Waals surface area contributed by atoms with E-state index < -0.39 is 0 Å². The van der Waals surface area contributed by atoms with Gasteiger partial charge in [0.25, 0.3) is 0 Å². The summed E-state index contributed by atoms with van der Waals surface area (Å²) in [5, 5.41) is 0. The monoisotopic (exact) mass is 241 g/mol. The third-order valence-corrected chi connectivity index (χ3v) is 2.84. The number of ether oxygens (including phenoxy) is 1. The molecule has 2 N–H and O–H groups in total. The summed E-state index contributed by atoms with van der Waals surface area (Å²) in [5.74, 6) is 0.750. The molecule has 0 aliphatic rings. The van der Waals surface area contributed by atoms with Crippen LogP contribution in [0.15, 0.2) is 36.4 Å². The third-order valence-electron chi connectivity index (χ3n) is 2.84. The molecule has 0 saturated heterocycles. The van der Waals surface area contributed by atoms with E-state index in [-0.39, 0.29) is 0 Å². The predicted octanol–water partition coefficient (Wildman–Crippen LogP) is 3.77. The van der Waals surface area contributed by atoms with Crippen LogP contribution in [-0.2, 0) is 6.61 Å². The first-order valence-corrected chi connectivity index (χ1v) is 6.11. The molecule has 0 aliphatic heterocycles. The Kier molecular flexibility index (Phi) is 3.56. The minimum Gasteiger partial charge on any atom is -0.487 e. The zero-order valence-corrected chi connectivity index (χ0v) is 11.2. The lowest BCUT2D eigenvalue weighted by molar-refractivity contribution is 0.308. The lowest BCUT2D eigenvalue weighted by Crippen LogP contribution is -1.99. The van der Waals surface area contributed by atoms with Crippen molar-refractivity contribution < 1.29 is 4.74 Å². The van der Waals surface area contributed by atoms with E-state index >= 15 is 0 Å². The Labute approximate surface area is 108 Å². The summed E-state index contributed by atoms with van der Waals surface area (Å²) in [6.45, 7) is 6.76. The van der Waals surface area contributed by atoms with Crippen molar-refractivity contribution in [1.82, 2.24) is 0 Å². The second-order valence-corrected chi connectivity index (χ2v) is 4.83. The maximum absolute atomic E-state index is 5.92. The molecule has 0 bridgehead atoms. The van der Waals surface area contributed by atoms with Gasteiger partial charge in [-0.05, 0) is 44.0 Å². The number of hydrogen-bond donors (Lipinski definition) is 1. The van der Waals surface area contributed by atoms with Crippen molar-refractivity contribution in [2.24, 2.45) is 0 Å². The quantitative estimate of drug-likeness (QED) is 0.830. The van der Waals surface area contributed by atoms with Crippen LogP contribution < -0.4 is 10.5 Å². The summed E-state index contributed by atoms with van der Waals surface area (Å²) in [7, 11) is 0. The summed E-state index contributed by atoms with van der Waals surface area (Å²) < 4.78 is 5.76. The Bertz CT molecular complexity index is 541. The summed E-state index contributed by atoms with van der Waals surface area (Å²) in [6.07, 6.45) is 0. The molecule has 0 saturated carbocycles. The van der Waals surface area contributed by atoms with Crippen molar-refractivity contribution in [3.63, 3.8) is 0 Å². The summed E-state index contributed by atoms with van der Waals surface area (Å²) in [4.78, 5) is 0. The molecule has 0 amide bonds. The van der Waals surface area contributed by atoms with E-state index in [1.54, 1.807) is 0 Å². The Balaban J connectivity index is 2.11. The van der Waals surface area contributed by atoms with Crippen LogP contribution in [0.5, 0.6) is 5.75 Å². The van der Waals surface area contributed by atoms with Crippen molar-refractivity contribution >= 4 is 5.69 Å². The van der Waals surface area contributed by atoms with Gasteiger partial charge >= 0.3 is 0 Å². The molecule has 0 radical (unpaired) electrons. The minimum absolute atomic E-state index is 0.551. The van der Waals surface area contributed by atoms with Crippen molar-refractivity contribution in [1.29, 1.82) is 0 Å². The molecule has 0 atom stereocenters. The second kappa shape index (κ2) is 5.13. The smallest absolute Gasteiger partial charge is 0.142 e. The molecule has 0 unspecified atom stereocenters. The maximum atomic E-state index is 5.92. The summed E-state index contributed by atoms with van der Waals surface area (Å²) in [5.41, 5.74) is 11.4. The van der Waals surface area contributed by atoms with E-state index in [9.17, 15) is 0 Å². The number of aryl methyl sites for hydroxylation is 3. The number of rotatable bonds is 3. The first-order chi connectivity index (χ1) is 8.54. The molecule has 0 aromatic heterocycles. The van der Waals surface area contributed by atoms with Gasteiger partial charge < -0.3 is 10.5 Å². The molecule has 18 heavy (non-hydrogen) atoms. The van der Waals surface area contributed by atoms with Crippen LogP contribution in [-0.4, -0.2) is 0 Å². The Morgan fingerprint density at radius 1 is 0.889 bits per heavy atom. The number of nitrogens with two attached hydrogens (primary N) is 1. The van der Waals surface area contributed by atoms with Crippen LogP contribution in [0.2, 0.25) is 0 Å². The zero-order valence-electron chi connectivity index (χ0n) is 11.2. The van der Waals surface area contributed by atoms with Gasteiger partial charge in [0.2, 0.25) is 0 Å². The van der Waals surface area contributed by atoms with Crippen LogP contribution >= 0.6 is 0 Å². The highest BCUT2D eigenvalue weighted by molar-refractivity contribution is 5.54. The molecule has 0 heterocycles. The van der Waals surface area contributed by atoms with E-state index in [4.69, 9.17) is 10.5 Å². The van der Waals surface area contributed by atoms with Crippen LogP contribution in [0.3, 0.4) is 0 Å². The molecule has 2 heteroatoms. The first kappa shape index (κ1) is 12.5. The van der Waals surface area contributed by atoms with Crippen LogP contribution in [0.1, 0.15) is 22.3 Å². The Morgan fingerprint density at radius 3 is 2.17 bits per heavy atom. The predicted molar refractivity (Wildman–Crippen MR) is 75.8 cm³/mol. The van der Waals surface area contributed by atoms with E-state index in [0.29, 0.717) is 12.3 Å². The lowest BCUT2D eigenvalue weighted by atomic mass is 10.1. The average molecular weight is 241 g/mol. The summed E-state index contributed by atoms with van der Waals surface area (Å²) in [6, 6.07) is 12.3. The van der Waals surface area contributed by atoms with Gasteiger partial charge in [0, 0.05) is 0 Å². The SMILES string of the molecule is Cc1cc(C)cc(COc2ccc(C)cc2N)c1. The molecule has 2 rings (SSSR count). The van der Waals surface area contributed by atoms with Gasteiger partial charge in [0.05, 0.1) is 5.69 Å².